The van der Waals surface area contributed by atoms with E-state index in [0.29, 0.717) is 19.8 Å². The van der Waals surface area contributed by atoms with E-state index in [1.165, 1.54) is 22.3 Å². The summed E-state index contributed by atoms with van der Waals surface area (Å²) in [6, 6.07) is 17.6. The zero-order chi connectivity index (χ0) is 22.5. The van der Waals surface area contributed by atoms with Gasteiger partial charge in [-0.1, -0.05) is 0 Å². The molecular weight excluding hydrogens is 504 g/mol. The monoisotopic (exact) mass is 526 g/mol. The predicted octanol–water partition coefficient (Wildman–Crippen LogP) is 3.58. The van der Waals surface area contributed by atoms with Gasteiger partial charge in [-0.3, -0.25) is 9.11 Å². The summed E-state index contributed by atoms with van der Waals surface area (Å²) in [7, 11) is -7.33. The van der Waals surface area contributed by atoms with E-state index in [2.05, 4.69) is 72.8 Å². The Morgan fingerprint density at radius 3 is 1.37 bits per heavy atom. The Hall–Kier alpha value is -1.51. The molecule has 9 heteroatoms. The van der Waals surface area contributed by atoms with Crippen LogP contribution in [0.2, 0.25) is 0 Å². The van der Waals surface area contributed by atoms with Crippen LogP contribution in [0.1, 0.15) is 29.5 Å². The van der Waals surface area contributed by atoms with Crippen LogP contribution >= 0.6 is 0 Å². The van der Waals surface area contributed by atoms with Crippen molar-refractivity contribution in [1.29, 1.82) is 0 Å². The molecule has 2 aromatic rings. The Morgan fingerprint density at radius 2 is 1.03 bits per heavy atom. The molecule has 0 amide bonds. The summed E-state index contributed by atoms with van der Waals surface area (Å²) in [6.45, 7) is 0. The summed E-state index contributed by atoms with van der Waals surface area (Å²) in [5.41, 5.74) is 5.81. The Morgan fingerprint density at radius 1 is 0.733 bits per heavy atom. The topological polar surface area (TPSA) is 109 Å². The number of allylic oxidation sites excluding steroid dienone is 2. The van der Waals surface area contributed by atoms with Crippen LogP contribution in [0.5, 0.6) is 0 Å². The van der Waals surface area contributed by atoms with Crippen molar-refractivity contribution in [3.8, 4) is 0 Å². The van der Waals surface area contributed by atoms with Crippen LogP contribution in [0.25, 0.3) is 12.2 Å². The molecule has 2 atom stereocenters. The van der Waals surface area contributed by atoms with Gasteiger partial charge in [-0.2, -0.15) is 16.8 Å². The third kappa shape index (κ3) is 7.97. The summed E-state index contributed by atoms with van der Waals surface area (Å²) in [5, 5.41) is 0. The molecule has 6 nitrogen and oxygen atoms in total. The molecule has 0 saturated heterocycles. The van der Waals surface area contributed by atoms with Gasteiger partial charge in [-0.15, -0.1) is 0 Å². The predicted molar refractivity (Wildman–Crippen MR) is 119 cm³/mol. The number of fused-ring (bicyclic) bond motifs is 2. The minimum atomic E-state index is -3.67. The number of benzene rings is 2. The van der Waals surface area contributed by atoms with E-state index >= 15 is 0 Å². The van der Waals surface area contributed by atoms with E-state index in [4.69, 9.17) is 13.3 Å². The van der Waals surface area contributed by atoms with Crippen LogP contribution in [0.4, 0.5) is 0 Å². The van der Waals surface area contributed by atoms with Crippen molar-refractivity contribution in [2.24, 2.45) is 0 Å². The summed E-state index contributed by atoms with van der Waals surface area (Å²) in [4.78, 5) is 0. The third-order valence-electron chi connectivity index (χ3n) is 4.40. The van der Waals surface area contributed by atoms with Crippen molar-refractivity contribution < 1.29 is 47.2 Å². The quantitative estimate of drug-likeness (QED) is 0.578. The van der Waals surface area contributed by atoms with Crippen LogP contribution in [0.3, 0.4) is 0 Å². The summed E-state index contributed by atoms with van der Waals surface area (Å²) in [6.07, 6.45) is 10.8. The first kappa shape index (κ1) is 24.8. The van der Waals surface area contributed by atoms with Crippen molar-refractivity contribution in [1.82, 2.24) is 0 Å². The molecule has 2 aliphatic carbocycles. The third-order valence-corrected chi connectivity index (χ3v) is 10.8. The van der Waals surface area contributed by atoms with Gasteiger partial charge in [-0.25, -0.2) is 0 Å². The Balaban J connectivity index is 0.000000271. The fourth-order valence-electron chi connectivity index (χ4n) is 3.34. The zero-order valence-electron chi connectivity index (χ0n) is 16.6. The zero-order valence-corrected chi connectivity index (χ0v) is 20.7. The van der Waals surface area contributed by atoms with Crippen LogP contribution in [-0.4, -0.2) is 42.7 Å². The molecule has 0 radical (unpaired) electrons. The van der Waals surface area contributed by atoms with Crippen molar-refractivity contribution in [3.63, 3.8) is 0 Å². The molecule has 2 N–H and O–H groups in total. The molecule has 0 fully saturated rings. The summed E-state index contributed by atoms with van der Waals surface area (Å²) >= 11 is -1.85. The van der Waals surface area contributed by atoms with E-state index < -0.39 is 41.5 Å². The van der Waals surface area contributed by atoms with Gasteiger partial charge in [0.05, 0.1) is 12.5 Å². The molecule has 0 heterocycles. The van der Waals surface area contributed by atoms with Gasteiger partial charge in [0.25, 0.3) is 20.2 Å². The molecule has 160 valence electrons. The van der Waals surface area contributed by atoms with Crippen LogP contribution in [0, 0.1) is 0 Å². The second kappa shape index (κ2) is 10.2. The summed E-state index contributed by atoms with van der Waals surface area (Å²) < 4.78 is 57.7. The molecular formula is C21H24O6S2Zr. The first-order valence-corrected chi connectivity index (χ1v) is 17.2. The first-order valence-electron chi connectivity index (χ1n) is 8.92. The number of rotatable bonds is 2. The standard InChI is InChI=1S/2C9H7.2CH4O3S.CH2.Zr/c2*1-2-5-9-7-3-6-8(9)4-1;2*1-5(2,3)4;;/h2*1-7H;2*1H3,(H,2,3,4);1H2;. The molecule has 30 heavy (non-hydrogen) atoms. The van der Waals surface area contributed by atoms with Gasteiger partial charge in [0.1, 0.15) is 0 Å². The molecule has 2 aliphatic rings. The van der Waals surface area contributed by atoms with E-state index in [9.17, 15) is 16.8 Å². The van der Waals surface area contributed by atoms with Crippen molar-refractivity contribution in [3.05, 3.63) is 82.9 Å². The van der Waals surface area contributed by atoms with E-state index in [0.717, 1.165) is 0 Å². The fourth-order valence-corrected chi connectivity index (χ4v) is 9.23. The van der Waals surface area contributed by atoms with Gasteiger partial charge in [0.2, 0.25) is 0 Å². The van der Waals surface area contributed by atoms with E-state index in [-0.39, 0.29) is 0 Å². The molecule has 0 aromatic heterocycles. The molecule has 0 saturated carbocycles. The first-order chi connectivity index (χ1) is 13.8. The van der Waals surface area contributed by atoms with Crippen molar-refractivity contribution >= 4 is 36.6 Å². The number of hydrogen-bond acceptors (Lipinski definition) is 4. The van der Waals surface area contributed by atoms with Crippen molar-refractivity contribution in [2.45, 2.75) is 7.25 Å². The molecule has 2 aromatic carbocycles. The Labute approximate surface area is 185 Å². The average molecular weight is 528 g/mol. The van der Waals surface area contributed by atoms with Crippen LogP contribution < -0.4 is 0 Å². The van der Waals surface area contributed by atoms with Crippen LogP contribution in [-0.2, 0) is 41.5 Å². The molecule has 0 aliphatic heterocycles. The Kier molecular flexibility index (Phi) is 8.42. The molecule has 0 spiro atoms. The molecule has 2 unspecified atom stereocenters. The maximum absolute atomic E-state index is 9.19. The van der Waals surface area contributed by atoms with Gasteiger partial charge < -0.3 is 0 Å². The Bertz CT molecular complexity index is 1090. The fraction of sp³-hybridized carbons (Fsp3) is 0.190. The second-order valence-electron chi connectivity index (χ2n) is 6.97. The maximum atomic E-state index is 9.19. The average Bonchev–Trinajstić information content (AvgIpc) is 3.23. The molecule has 4 rings (SSSR count). The van der Waals surface area contributed by atoms with Gasteiger partial charge in [0.15, 0.2) is 0 Å². The van der Waals surface area contributed by atoms with E-state index in [1.54, 1.807) is 0 Å². The minimum absolute atomic E-state index is 0.620. The SMILES string of the molecule is CS(=O)(=O)O.CS(=O)(=O)O.[CH2]=[Zr]([CH]1C=Cc2ccccc21)[CH]1C=Cc2ccccc21. The normalized spacial score (nSPS) is 18.4. The summed E-state index contributed by atoms with van der Waals surface area (Å²) in [5.74, 6) is 0. The second-order valence-corrected chi connectivity index (χ2v) is 15.8. The molecule has 0 bridgehead atoms. The van der Waals surface area contributed by atoms with Gasteiger partial charge in [-0.05, 0) is 0 Å². The van der Waals surface area contributed by atoms with Gasteiger partial charge in [0, 0.05) is 0 Å². The number of hydrogen-bond donors (Lipinski definition) is 2. The van der Waals surface area contributed by atoms with E-state index in [1.807, 2.05) is 0 Å². The van der Waals surface area contributed by atoms with Gasteiger partial charge >= 0.3 is 128 Å². The van der Waals surface area contributed by atoms with Crippen LogP contribution in [0.15, 0.2) is 60.7 Å². The van der Waals surface area contributed by atoms with Crippen molar-refractivity contribution in [2.75, 3.05) is 12.5 Å².